The van der Waals surface area contributed by atoms with Crippen LogP contribution in [0.4, 0.5) is 0 Å². The van der Waals surface area contributed by atoms with Gasteiger partial charge in [0.05, 0.1) is 7.11 Å². The molecule has 0 bridgehead atoms. The first-order valence-corrected chi connectivity index (χ1v) is 6.71. The van der Waals surface area contributed by atoms with Crippen molar-refractivity contribution in [3.05, 3.63) is 35.4 Å². The van der Waals surface area contributed by atoms with Gasteiger partial charge in [0, 0.05) is 0 Å². The van der Waals surface area contributed by atoms with E-state index in [4.69, 9.17) is 0 Å². The van der Waals surface area contributed by atoms with Crippen LogP contribution in [-0.2, 0) is 31.0 Å². The van der Waals surface area contributed by atoms with Gasteiger partial charge in [-0.25, -0.2) is 0 Å². The van der Waals surface area contributed by atoms with Crippen molar-refractivity contribution >= 4 is 18.3 Å². The van der Waals surface area contributed by atoms with Gasteiger partial charge < -0.3 is 4.74 Å². The Balaban J connectivity index is 2.91. The van der Waals surface area contributed by atoms with Gasteiger partial charge in [-0.15, -0.1) is 0 Å². The fourth-order valence-corrected chi connectivity index (χ4v) is 1.96. The molecule has 0 spiro atoms. The van der Waals surface area contributed by atoms with Crippen LogP contribution in [0.3, 0.4) is 0 Å². The van der Waals surface area contributed by atoms with Crippen LogP contribution in [-0.4, -0.2) is 25.4 Å². The number of hydrogen-bond acceptors (Lipinski definition) is 4. The van der Waals surface area contributed by atoms with Crippen LogP contribution >= 0.6 is 0 Å². The molecule has 1 rings (SSSR count). The largest absolute Gasteiger partial charge is 0.468 e. The number of amides is 2. The van der Waals surface area contributed by atoms with Crippen LogP contribution in [0.1, 0.15) is 31.9 Å². The van der Waals surface area contributed by atoms with Crippen molar-refractivity contribution in [2.45, 2.75) is 32.6 Å². The van der Waals surface area contributed by atoms with E-state index in [2.05, 4.69) is 25.5 Å². The molecule has 0 aromatic heterocycles. The summed E-state index contributed by atoms with van der Waals surface area (Å²) in [5, 5.41) is 2.00. The van der Waals surface area contributed by atoms with Gasteiger partial charge in [0.15, 0.2) is 0 Å². The molecule has 0 aliphatic heterocycles. The highest BCUT2D eigenvalue weighted by Gasteiger charge is 2.27. The molecule has 1 N–H and O–H groups in total. The molecule has 0 saturated heterocycles. The summed E-state index contributed by atoms with van der Waals surface area (Å²) in [5.41, 5.74) is 2.03. The van der Waals surface area contributed by atoms with Gasteiger partial charge in [-0.2, -0.15) is 0 Å². The number of nitrogens with one attached hydrogen (secondary N) is 1. The molecule has 0 aliphatic rings. The first-order chi connectivity index (χ1) is 9.79. The number of methoxy groups -OCH3 is 1. The predicted molar refractivity (Wildman–Crippen MR) is 78.6 cm³/mol. The number of carbonyl (C=O) groups excluding carboxylic acids is 3. The lowest BCUT2D eigenvalue weighted by Gasteiger charge is -2.19. The first-order valence-electron chi connectivity index (χ1n) is 6.71. The molecular weight excluding hydrogens is 270 g/mol. The molecule has 5 heteroatoms. The van der Waals surface area contributed by atoms with E-state index in [1.54, 1.807) is 0 Å². The zero-order valence-electron chi connectivity index (χ0n) is 12.8. The zero-order valence-corrected chi connectivity index (χ0v) is 12.8. The second kappa shape index (κ2) is 7.02. The van der Waals surface area contributed by atoms with Crippen molar-refractivity contribution in [3.8, 4) is 0 Å². The third-order valence-electron chi connectivity index (χ3n) is 3.26. The van der Waals surface area contributed by atoms with E-state index >= 15 is 0 Å². The van der Waals surface area contributed by atoms with Crippen molar-refractivity contribution in [2.75, 3.05) is 7.11 Å². The van der Waals surface area contributed by atoms with Crippen LogP contribution in [0.15, 0.2) is 24.3 Å². The van der Waals surface area contributed by atoms with E-state index in [1.165, 1.54) is 12.7 Å². The summed E-state index contributed by atoms with van der Waals surface area (Å²) in [7, 11) is 1.21. The fourth-order valence-electron chi connectivity index (χ4n) is 1.96. The Morgan fingerprint density at radius 3 is 2.24 bits per heavy atom. The van der Waals surface area contributed by atoms with Crippen LogP contribution in [0.25, 0.3) is 0 Å². The van der Waals surface area contributed by atoms with Crippen LogP contribution < -0.4 is 5.32 Å². The normalized spacial score (nSPS) is 12.4. The van der Waals surface area contributed by atoms with Crippen molar-refractivity contribution in [3.63, 3.8) is 0 Å². The minimum atomic E-state index is -1.03. The monoisotopic (exact) mass is 291 g/mol. The summed E-state index contributed by atoms with van der Waals surface area (Å²) in [6.45, 7) is 6.32. The highest BCUT2D eigenvalue weighted by atomic mass is 16.5. The Labute approximate surface area is 124 Å². The number of rotatable bonds is 5. The third-order valence-corrected chi connectivity index (χ3v) is 3.26. The second-order valence-corrected chi connectivity index (χ2v) is 5.85. The smallest absolute Gasteiger partial charge is 0.318 e. The minimum absolute atomic E-state index is 0.0369. The Morgan fingerprint density at radius 1 is 1.24 bits per heavy atom. The van der Waals surface area contributed by atoms with Gasteiger partial charge >= 0.3 is 5.97 Å². The summed E-state index contributed by atoms with van der Waals surface area (Å²) in [4.78, 5) is 33.7. The molecule has 114 valence electrons. The van der Waals surface area contributed by atoms with Crippen LogP contribution in [0.2, 0.25) is 0 Å². The summed E-state index contributed by atoms with van der Waals surface area (Å²) in [6, 6.07) is 7.71. The van der Waals surface area contributed by atoms with Gasteiger partial charge in [0.2, 0.25) is 12.3 Å². The number of carbonyl (C=O) groups is 3. The lowest BCUT2D eigenvalue weighted by atomic mass is 9.86. The van der Waals surface area contributed by atoms with Gasteiger partial charge in [-0.1, -0.05) is 45.0 Å². The first kappa shape index (κ1) is 16.9. The highest BCUT2D eigenvalue weighted by molar-refractivity contribution is 6.01. The molecule has 5 nitrogen and oxygen atoms in total. The molecule has 21 heavy (non-hydrogen) atoms. The van der Waals surface area contributed by atoms with Gasteiger partial charge in [0.25, 0.3) is 0 Å². The van der Waals surface area contributed by atoms with Crippen molar-refractivity contribution < 1.29 is 19.1 Å². The summed E-state index contributed by atoms with van der Waals surface area (Å²) in [5.74, 6) is -2.34. The molecule has 0 radical (unpaired) electrons. The molecule has 1 unspecified atom stereocenters. The Morgan fingerprint density at radius 2 is 1.81 bits per heavy atom. The van der Waals surface area contributed by atoms with Crippen LogP contribution in [0, 0.1) is 5.92 Å². The Kier molecular flexibility index (Phi) is 5.64. The molecule has 0 heterocycles. The van der Waals surface area contributed by atoms with E-state index < -0.39 is 17.8 Å². The van der Waals surface area contributed by atoms with Crippen molar-refractivity contribution in [2.24, 2.45) is 5.92 Å². The standard InChI is InChI=1S/C16H21NO4/c1-16(2,3)12-7-5-11(6-8-12)9-13(15(20)21-4)14(19)17-10-18/h5-8,10,13H,9H2,1-4H3,(H,17,18,19). The zero-order chi connectivity index (χ0) is 16.0. The fraction of sp³-hybridized carbons (Fsp3) is 0.438. The molecule has 2 amide bonds. The molecule has 1 aromatic carbocycles. The average molecular weight is 291 g/mol. The van der Waals surface area contributed by atoms with E-state index in [0.717, 1.165) is 5.56 Å². The van der Waals surface area contributed by atoms with Gasteiger partial charge in [-0.05, 0) is 23.0 Å². The molecule has 0 saturated carbocycles. The van der Waals surface area contributed by atoms with Gasteiger partial charge in [0.1, 0.15) is 5.92 Å². The topological polar surface area (TPSA) is 72.5 Å². The molecule has 0 aliphatic carbocycles. The third kappa shape index (κ3) is 4.70. The average Bonchev–Trinajstić information content (AvgIpc) is 2.43. The van der Waals surface area contributed by atoms with E-state index in [0.29, 0.717) is 0 Å². The molecule has 1 atom stereocenters. The Bertz CT molecular complexity index is 514. The summed E-state index contributed by atoms with van der Waals surface area (Å²) < 4.78 is 4.61. The quantitative estimate of drug-likeness (QED) is 0.508. The second-order valence-electron chi connectivity index (χ2n) is 5.85. The van der Waals surface area contributed by atoms with Crippen molar-refractivity contribution in [1.82, 2.24) is 5.32 Å². The SMILES string of the molecule is COC(=O)C(Cc1ccc(C(C)(C)C)cc1)C(=O)NC=O. The number of ether oxygens (including phenoxy) is 1. The minimum Gasteiger partial charge on any atom is -0.468 e. The molecule has 1 aromatic rings. The molecular formula is C16H21NO4. The van der Waals surface area contributed by atoms with E-state index in [1.807, 2.05) is 29.6 Å². The lowest BCUT2D eigenvalue weighted by molar-refractivity contribution is -0.150. The summed E-state index contributed by atoms with van der Waals surface area (Å²) >= 11 is 0. The maximum Gasteiger partial charge on any atom is 0.318 e. The highest BCUT2D eigenvalue weighted by Crippen LogP contribution is 2.23. The van der Waals surface area contributed by atoms with E-state index in [-0.39, 0.29) is 18.2 Å². The van der Waals surface area contributed by atoms with Crippen LogP contribution in [0.5, 0.6) is 0 Å². The maximum absolute atomic E-state index is 11.7. The number of imide groups is 1. The number of esters is 1. The molecule has 0 fully saturated rings. The van der Waals surface area contributed by atoms with E-state index in [9.17, 15) is 14.4 Å². The maximum atomic E-state index is 11.7. The number of benzene rings is 1. The Hall–Kier alpha value is -2.17. The van der Waals surface area contributed by atoms with Gasteiger partial charge in [-0.3, -0.25) is 19.7 Å². The summed E-state index contributed by atoms with van der Waals surface area (Å²) in [6.07, 6.45) is 0.456. The number of hydrogen-bond donors (Lipinski definition) is 1. The van der Waals surface area contributed by atoms with Crippen molar-refractivity contribution in [1.29, 1.82) is 0 Å². The lowest BCUT2D eigenvalue weighted by Crippen LogP contribution is -2.36. The predicted octanol–water partition coefficient (Wildman–Crippen LogP) is 1.59.